The molecule has 0 aromatic carbocycles. The summed E-state index contributed by atoms with van der Waals surface area (Å²) < 4.78 is 6.33. The van der Waals surface area contributed by atoms with E-state index in [1.807, 2.05) is 4.90 Å². The van der Waals surface area contributed by atoms with Crippen molar-refractivity contribution in [2.24, 2.45) is 0 Å². The van der Waals surface area contributed by atoms with Crippen molar-refractivity contribution in [2.45, 2.75) is 57.2 Å². The number of hydrogen-bond donors (Lipinski definition) is 1. The van der Waals surface area contributed by atoms with Crippen LogP contribution in [0.2, 0.25) is 4.34 Å². The van der Waals surface area contributed by atoms with Gasteiger partial charge in [-0.2, -0.15) is 0 Å². The van der Waals surface area contributed by atoms with Crippen LogP contribution < -0.4 is 5.32 Å². The van der Waals surface area contributed by atoms with Crippen LogP contribution in [0.3, 0.4) is 0 Å². The smallest absolute Gasteiger partial charge is 0.325 e. The first-order valence-corrected chi connectivity index (χ1v) is 8.76. The summed E-state index contributed by atoms with van der Waals surface area (Å²) in [5.41, 5.74) is 0. The standard InChI is InChI=1S/C14H20ClN3O2S/c15-11-9-16-13(21-11)17-14(19)18(12-7-4-8-20-12)10-5-2-1-3-6-10/h9-10,12H,1-8H2,(H,16,17,19). The van der Waals surface area contributed by atoms with Crippen LogP contribution in [0.1, 0.15) is 44.9 Å². The van der Waals surface area contributed by atoms with Crippen molar-refractivity contribution in [1.29, 1.82) is 0 Å². The van der Waals surface area contributed by atoms with Crippen molar-refractivity contribution in [3.05, 3.63) is 10.5 Å². The molecule has 1 aliphatic carbocycles. The summed E-state index contributed by atoms with van der Waals surface area (Å²) in [5, 5.41) is 3.41. The van der Waals surface area contributed by atoms with Gasteiger partial charge in [0.15, 0.2) is 5.13 Å². The Labute approximate surface area is 133 Å². The van der Waals surface area contributed by atoms with E-state index in [-0.39, 0.29) is 18.3 Å². The molecule has 116 valence electrons. The fourth-order valence-electron chi connectivity index (χ4n) is 3.14. The molecular formula is C14H20ClN3O2S. The summed E-state index contributed by atoms with van der Waals surface area (Å²) in [6, 6.07) is 0.164. The van der Waals surface area contributed by atoms with Gasteiger partial charge in [-0.1, -0.05) is 42.2 Å². The van der Waals surface area contributed by atoms with E-state index in [1.54, 1.807) is 6.20 Å². The highest BCUT2D eigenvalue weighted by atomic mass is 35.5. The third kappa shape index (κ3) is 3.67. The van der Waals surface area contributed by atoms with Crippen LogP contribution in [-0.4, -0.2) is 34.8 Å². The SMILES string of the molecule is O=C(Nc1ncc(Cl)s1)N(C1CCCCC1)C1CCCO1. The molecule has 2 fully saturated rings. The molecule has 5 nitrogen and oxygen atoms in total. The van der Waals surface area contributed by atoms with E-state index in [0.717, 1.165) is 32.3 Å². The second-order valence-electron chi connectivity index (χ2n) is 5.57. The van der Waals surface area contributed by atoms with Crippen LogP contribution in [0, 0.1) is 0 Å². The zero-order valence-corrected chi connectivity index (χ0v) is 13.5. The minimum absolute atomic E-state index is 0.0939. The summed E-state index contributed by atoms with van der Waals surface area (Å²) in [6.07, 6.45) is 9.15. The maximum absolute atomic E-state index is 12.7. The third-order valence-corrected chi connectivity index (χ3v) is 5.14. The van der Waals surface area contributed by atoms with Gasteiger partial charge in [0.2, 0.25) is 0 Å². The lowest BCUT2D eigenvalue weighted by atomic mass is 9.94. The summed E-state index contributed by atoms with van der Waals surface area (Å²) in [6.45, 7) is 0.740. The predicted molar refractivity (Wildman–Crippen MR) is 83.8 cm³/mol. The van der Waals surface area contributed by atoms with E-state index < -0.39 is 0 Å². The molecule has 0 bridgehead atoms. The van der Waals surface area contributed by atoms with Gasteiger partial charge in [-0.15, -0.1) is 0 Å². The number of rotatable bonds is 3. The Kier molecular flexibility index (Phi) is 4.98. The fraction of sp³-hybridized carbons (Fsp3) is 0.714. The number of hydrogen-bond acceptors (Lipinski definition) is 4. The lowest BCUT2D eigenvalue weighted by Gasteiger charge is -2.37. The normalized spacial score (nSPS) is 23.2. The Bertz CT molecular complexity index is 484. The summed E-state index contributed by atoms with van der Waals surface area (Å²) in [5.74, 6) is 0. The number of thiazole rings is 1. The first-order chi connectivity index (χ1) is 10.2. The van der Waals surface area contributed by atoms with Crippen LogP contribution in [0.25, 0.3) is 0 Å². The van der Waals surface area contributed by atoms with E-state index in [0.29, 0.717) is 9.47 Å². The van der Waals surface area contributed by atoms with Crippen LogP contribution in [0.5, 0.6) is 0 Å². The Morgan fingerprint density at radius 2 is 2.14 bits per heavy atom. The van der Waals surface area contributed by atoms with E-state index >= 15 is 0 Å². The molecule has 3 rings (SSSR count). The fourth-order valence-corrected chi connectivity index (χ4v) is 3.94. The van der Waals surface area contributed by atoms with Crippen LogP contribution in [0.4, 0.5) is 9.93 Å². The lowest BCUT2D eigenvalue weighted by Crippen LogP contribution is -2.49. The first-order valence-electron chi connectivity index (χ1n) is 7.56. The van der Waals surface area contributed by atoms with E-state index in [4.69, 9.17) is 16.3 Å². The predicted octanol–water partition coefficient (Wildman–Crippen LogP) is 4.10. The number of carbonyl (C=O) groups excluding carboxylic acids is 1. The van der Waals surface area contributed by atoms with Gasteiger partial charge in [-0.3, -0.25) is 10.2 Å². The Morgan fingerprint density at radius 1 is 1.33 bits per heavy atom. The number of aromatic nitrogens is 1. The molecule has 2 aliphatic rings. The van der Waals surface area contributed by atoms with Gasteiger partial charge in [0, 0.05) is 12.6 Å². The summed E-state index contributed by atoms with van der Waals surface area (Å²) >= 11 is 7.14. The molecular weight excluding hydrogens is 310 g/mol. The average molecular weight is 330 g/mol. The minimum atomic E-state index is -0.111. The molecule has 1 aromatic heterocycles. The van der Waals surface area contributed by atoms with Crippen molar-refractivity contribution < 1.29 is 9.53 Å². The number of anilines is 1. The van der Waals surface area contributed by atoms with Crippen LogP contribution in [-0.2, 0) is 4.74 Å². The number of amides is 2. The summed E-state index contributed by atoms with van der Waals surface area (Å²) in [4.78, 5) is 18.7. The molecule has 1 saturated heterocycles. The maximum Gasteiger partial charge on any atom is 0.325 e. The van der Waals surface area contributed by atoms with Gasteiger partial charge in [0.1, 0.15) is 10.6 Å². The topological polar surface area (TPSA) is 54.5 Å². The second-order valence-corrected chi connectivity index (χ2v) is 7.23. The molecule has 2 heterocycles. The van der Waals surface area contributed by atoms with E-state index in [1.165, 1.54) is 30.6 Å². The van der Waals surface area contributed by atoms with Gasteiger partial charge >= 0.3 is 6.03 Å². The van der Waals surface area contributed by atoms with Crippen molar-refractivity contribution in [2.75, 3.05) is 11.9 Å². The third-order valence-electron chi connectivity index (χ3n) is 4.11. The molecule has 7 heteroatoms. The molecule has 1 aliphatic heterocycles. The number of nitrogens with one attached hydrogen (secondary N) is 1. The lowest BCUT2D eigenvalue weighted by molar-refractivity contribution is -0.0198. The van der Waals surface area contributed by atoms with Crippen molar-refractivity contribution in [1.82, 2.24) is 9.88 Å². The molecule has 1 atom stereocenters. The molecule has 1 aromatic rings. The molecule has 1 N–H and O–H groups in total. The highest BCUT2D eigenvalue weighted by Gasteiger charge is 2.34. The van der Waals surface area contributed by atoms with Crippen LogP contribution in [0.15, 0.2) is 6.20 Å². The van der Waals surface area contributed by atoms with E-state index in [2.05, 4.69) is 10.3 Å². The molecule has 0 radical (unpaired) electrons. The molecule has 0 spiro atoms. The quantitative estimate of drug-likeness (QED) is 0.908. The van der Waals surface area contributed by atoms with Gasteiger partial charge in [0.05, 0.1) is 6.20 Å². The number of nitrogens with zero attached hydrogens (tertiary/aromatic N) is 2. The number of carbonyl (C=O) groups is 1. The summed E-state index contributed by atoms with van der Waals surface area (Å²) in [7, 11) is 0. The monoisotopic (exact) mass is 329 g/mol. The van der Waals surface area contributed by atoms with Gasteiger partial charge in [-0.05, 0) is 25.7 Å². The average Bonchev–Trinajstić information content (AvgIpc) is 3.13. The highest BCUT2D eigenvalue weighted by molar-refractivity contribution is 7.19. The number of ether oxygens (including phenoxy) is 1. The molecule has 21 heavy (non-hydrogen) atoms. The van der Waals surface area contributed by atoms with Gasteiger partial charge in [0.25, 0.3) is 0 Å². The first kappa shape index (κ1) is 15.1. The molecule has 1 saturated carbocycles. The molecule has 1 unspecified atom stereocenters. The van der Waals surface area contributed by atoms with Gasteiger partial charge < -0.3 is 4.74 Å². The van der Waals surface area contributed by atoms with Crippen molar-refractivity contribution >= 4 is 34.1 Å². The number of urea groups is 1. The Balaban J connectivity index is 1.71. The Hall–Kier alpha value is -0.850. The highest BCUT2D eigenvalue weighted by Crippen LogP contribution is 2.29. The number of halogens is 1. The zero-order valence-electron chi connectivity index (χ0n) is 11.9. The van der Waals surface area contributed by atoms with Crippen LogP contribution >= 0.6 is 22.9 Å². The van der Waals surface area contributed by atoms with Gasteiger partial charge in [-0.25, -0.2) is 9.78 Å². The maximum atomic E-state index is 12.7. The zero-order chi connectivity index (χ0) is 14.7. The second kappa shape index (κ2) is 6.94. The van der Waals surface area contributed by atoms with Crippen molar-refractivity contribution in [3.63, 3.8) is 0 Å². The van der Waals surface area contributed by atoms with E-state index in [9.17, 15) is 4.79 Å². The van der Waals surface area contributed by atoms with Crippen molar-refractivity contribution in [3.8, 4) is 0 Å². The Morgan fingerprint density at radius 3 is 2.76 bits per heavy atom. The molecule has 2 amide bonds. The largest absolute Gasteiger partial charge is 0.358 e. The minimum Gasteiger partial charge on any atom is -0.358 e.